The lowest BCUT2D eigenvalue weighted by molar-refractivity contribution is 0.669. The van der Waals surface area contributed by atoms with Gasteiger partial charge < -0.3 is 9.32 Å². The molecule has 0 unspecified atom stereocenters. The van der Waals surface area contributed by atoms with Crippen molar-refractivity contribution in [2.75, 3.05) is 4.90 Å². The number of fused-ring (bicyclic) bond motifs is 6. The van der Waals surface area contributed by atoms with Gasteiger partial charge in [0.05, 0.1) is 5.69 Å². The molecule has 8 aromatic carbocycles. The van der Waals surface area contributed by atoms with Gasteiger partial charge in [-0.15, -0.1) is 11.3 Å². The van der Waals surface area contributed by atoms with E-state index in [0.717, 1.165) is 44.6 Å². The largest absolute Gasteiger partial charge is 0.456 e. The zero-order valence-electron chi connectivity index (χ0n) is 27.7. The fraction of sp³-hybridized carbons (Fsp3) is 0. The molecule has 0 saturated heterocycles. The third-order valence-corrected chi connectivity index (χ3v) is 11.0. The third kappa shape index (κ3) is 5.18. The number of hydrogen-bond donors (Lipinski definition) is 0. The lowest BCUT2D eigenvalue weighted by Gasteiger charge is -2.28. The minimum absolute atomic E-state index is 0.869. The number of furan rings is 1. The first-order valence-electron chi connectivity index (χ1n) is 17.2. The van der Waals surface area contributed by atoms with Gasteiger partial charge >= 0.3 is 0 Å². The van der Waals surface area contributed by atoms with Crippen molar-refractivity contribution >= 4 is 70.5 Å². The summed E-state index contributed by atoms with van der Waals surface area (Å²) in [6.07, 6.45) is 0. The summed E-state index contributed by atoms with van der Waals surface area (Å²) in [5.41, 5.74) is 12.1. The summed E-state index contributed by atoms with van der Waals surface area (Å²) < 4.78 is 9.12. The van der Waals surface area contributed by atoms with Crippen LogP contribution in [-0.4, -0.2) is 0 Å². The normalized spacial score (nSPS) is 11.5. The summed E-state index contributed by atoms with van der Waals surface area (Å²) in [6, 6.07) is 67.4. The molecule has 0 amide bonds. The van der Waals surface area contributed by atoms with Crippen LogP contribution in [0.4, 0.5) is 17.1 Å². The number of nitrogens with zero attached hydrogens (tertiary/aromatic N) is 1. The van der Waals surface area contributed by atoms with Gasteiger partial charge in [0.1, 0.15) is 11.2 Å². The van der Waals surface area contributed by atoms with Crippen LogP contribution in [0.3, 0.4) is 0 Å². The second kappa shape index (κ2) is 12.2. The molecular weight excluding hydrogens is 639 g/mol. The summed E-state index contributed by atoms with van der Waals surface area (Å²) in [7, 11) is 0. The van der Waals surface area contributed by atoms with Crippen LogP contribution in [0.15, 0.2) is 192 Å². The van der Waals surface area contributed by atoms with Crippen molar-refractivity contribution in [3.05, 3.63) is 188 Å². The number of anilines is 3. The first-order chi connectivity index (χ1) is 25.3. The molecule has 0 aliphatic heterocycles. The topological polar surface area (TPSA) is 16.4 Å². The van der Waals surface area contributed by atoms with E-state index in [0.29, 0.717) is 0 Å². The number of hydrogen-bond acceptors (Lipinski definition) is 3. The van der Waals surface area contributed by atoms with Gasteiger partial charge in [0.25, 0.3) is 0 Å². The molecule has 2 nitrogen and oxygen atoms in total. The van der Waals surface area contributed by atoms with Crippen molar-refractivity contribution in [2.45, 2.75) is 0 Å². The summed E-state index contributed by atoms with van der Waals surface area (Å²) in [5, 5.41) is 4.81. The molecule has 0 aliphatic rings. The quantitative estimate of drug-likeness (QED) is 0.175. The molecule has 0 radical (unpaired) electrons. The van der Waals surface area contributed by atoms with E-state index < -0.39 is 0 Å². The van der Waals surface area contributed by atoms with Crippen molar-refractivity contribution < 1.29 is 4.42 Å². The molecule has 3 heteroatoms. The molecule has 2 aromatic heterocycles. The Bertz CT molecular complexity index is 2830. The van der Waals surface area contributed by atoms with Gasteiger partial charge in [0.15, 0.2) is 0 Å². The third-order valence-electron chi connectivity index (χ3n) is 9.89. The van der Waals surface area contributed by atoms with Crippen molar-refractivity contribution in [3.8, 4) is 33.4 Å². The minimum Gasteiger partial charge on any atom is -0.456 e. The van der Waals surface area contributed by atoms with Crippen LogP contribution in [0.1, 0.15) is 0 Å². The van der Waals surface area contributed by atoms with Crippen LogP contribution in [0, 0.1) is 0 Å². The molecule has 0 aliphatic carbocycles. The van der Waals surface area contributed by atoms with Crippen LogP contribution in [0.2, 0.25) is 0 Å². The fourth-order valence-corrected chi connectivity index (χ4v) is 8.45. The first kappa shape index (κ1) is 29.5. The highest BCUT2D eigenvalue weighted by Gasteiger charge is 2.21. The second-order valence-corrected chi connectivity index (χ2v) is 14.0. The average Bonchev–Trinajstić information content (AvgIpc) is 3.76. The van der Waals surface area contributed by atoms with Gasteiger partial charge in [-0.1, -0.05) is 127 Å². The Hall–Kier alpha value is -6.42. The van der Waals surface area contributed by atoms with E-state index in [-0.39, 0.29) is 0 Å². The molecule has 0 saturated carbocycles. The first-order valence-corrected chi connectivity index (χ1v) is 18.1. The average molecular weight is 670 g/mol. The Kier molecular flexibility index (Phi) is 7.04. The van der Waals surface area contributed by atoms with Crippen LogP contribution in [0.5, 0.6) is 0 Å². The Morgan fingerprint density at radius 1 is 0.353 bits per heavy atom. The molecule has 10 aromatic rings. The molecule has 0 bridgehead atoms. The maximum Gasteiger partial charge on any atom is 0.137 e. The monoisotopic (exact) mass is 669 g/mol. The molecule has 2 heterocycles. The molecule has 0 N–H and O–H groups in total. The lowest BCUT2D eigenvalue weighted by atomic mass is 9.97. The van der Waals surface area contributed by atoms with E-state index >= 15 is 0 Å². The van der Waals surface area contributed by atoms with Crippen molar-refractivity contribution in [2.24, 2.45) is 0 Å². The van der Waals surface area contributed by atoms with E-state index in [1.54, 1.807) is 0 Å². The van der Waals surface area contributed by atoms with E-state index in [1.807, 2.05) is 17.4 Å². The number of rotatable bonds is 6. The highest BCUT2D eigenvalue weighted by molar-refractivity contribution is 7.25. The zero-order valence-corrected chi connectivity index (χ0v) is 28.5. The van der Waals surface area contributed by atoms with Crippen molar-refractivity contribution in [3.63, 3.8) is 0 Å². The molecule has 0 atom stereocenters. The molecule has 51 heavy (non-hydrogen) atoms. The van der Waals surface area contributed by atoms with Gasteiger partial charge in [0, 0.05) is 53.9 Å². The van der Waals surface area contributed by atoms with Gasteiger partial charge in [0.2, 0.25) is 0 Å². The van der Waals surface area contributed by atoms with Crippen LogP contribution >= 0.6 is 11.3 Å². The van der Waals surface area contributed by atoms with Gasteiger partial charge in [-0.2, -0.15) is 0 Å². The van der Waals surface area contributed by atoms with Crippen molar-refractivity contribution in [1.29, 1.82) is 0 Å². The zero-order chi connectivity index (χ0) is 33.7. The Morgan fingerprint density at radius 2 is 0.902 bits per heavy atom. The highest BCUT2D eigenvalue weighted by atomic mass is 32.1. The molecule has 0 spiro atoms. The van der Waals surface area contributed by atoms with Crippen LogP contribution in [0.25, 0.3) is 75.5 Å². The maximum atomic E-state index is 6.51. The molecule has 0 fully saturated rings. The van der Waals surface area contributed by atoms with E-state index in [2.05, 4.69) is 187 Å². The van der Waals surface area contributed by atoms with Gasteiger partial charge in [-0.3, -0.25) is 0 Å². The van der Waals surface area contributed by atoms with Crippen LogP contribution in [-0.2, 0) is 0 Å². The molecule has 240 valence electrons. The minimum atomic E-state index is 0.869. The number of thiophene rings is 1. The summed E-state index contributed by atoms with van der Waals surface area (Å²) in [6.45, 7) is 0. The lowest BCUT2D eigenvalue weighted by Crippen LogP contribution is -2.11. The van der Waals surface area contributed by atoms with Crippen molar-refractivity contribution in [1.82, 2.24) is 0 Å². The van der Waals surface area contributed by atoms with E-state index in [1.165, 1.54) is 48.0 Å². The SMILES string of the molecule is c1ccc(-c2ccc(-c3ccc(N(c4ccccc4)c4cc5oc6ccccc6c5cc4-c4ccc5sc6ccccc6c5c4)cc3)cc2)cc1. The van der Waals surface area contributed by atoms with Crippen LogP contribution < -0.4 is 4.90 Å². The van der Waals surface area contributed by atoms with E-state index in [4.69, 9.17) is 4.42 Å². The number of benzene rings is 8. The van der Waals surface area contributed by atoms with Gasteiger partial charge in [-0.05, 0) is 82.4 Å². The summed E-state index contributed by atoms with van der Waals surface area (Å²) in [4.78, 5) is 2.36. The Labute approximate surface area is 300 Å². The van der Waals surface area contributed by atoms with E-state index in [9.17, 15) is 0 Å². The predicted molar refractivity (Wildman–Crippen MR) is 218 cm³/mol. The predicted octanol–water partition coefficient (Wildman–Crippen LogP) is 14.4. The molecule has 10 rings (SSSR count). The number of para-hydroxylation sites is 2. The maximum absolute atomic E-state index is 6.51. The smallest absolute Gasteiger partial charge is 0.137 e. The standard InChI is InChI=1S/C48H31NOS/c1-3-11-32(12-4-1)33-19-21-34(22-20-33)35-23-26-38(27-24-35)49(37-13-5-2-6-14-37)44-31-46-42(39-15-7-9-17-45(39)50-46)30-41(44)36-25-28-48-43(29-36)40-16-8-10-18-47(40)51-48/h1-31H. The molecular formula is C48H31NOS. The Morgan fingerprint density at radius 3 is 1.65 bits per heavy atom. The highest BCUT2D eigenvalue weighted by Crippen LogP contribution is 2.46. The summed E-state index contributed by atoms with van der Waals surface area (Å²) in [5.74, 6) is 0. The summed E-state index contributed by atoms with van der Waals surface area (Å²) >= 11 is 1.85. The second-order valence-electron chi connectivity index (χ2n) is 12.9. The Balaban J connectivity index is 1.15. The van der Waals surface area contributed by atoms with Gasteiger partial charge in [-0.25, -0.2) is 0 Å². The fourth-order valence-electron chi connectivity index (χ4n) is 7.36.